The zero-order chi connectivity index (χ0) is 21.5. The number of nitrogens with zero attached hydrogens (tertiary/aromatic N) is 1. The van der Waals surface area contributed by atoms with Crippen LogP contribution in [0.25, 0.3) is 23.1 Å². The number of aromatic nitrogens is 1. The van der Waals surface area contributed by atoms with Crippen molar-refractivity contribution in [2.24, 2.45) is 0 Å². The van der Waals surface area contributed by atoms with E-state index in [4.69, 9.17) is 9.47 Å². The molecule has 0 aliphatic carbocycles. The van der Waals surface area contributed by atoms with E-state index >= 15 is 0 Å². The molecule has 0 unspecified atom stereocenters. The summed E-state index contributed by atoms with van der Waals surface area (Å²) in [6.07, 6.45) is 7.06. The third kappa shape index (κ3) is 5.08. The molecule has 3 rings (SSSR count). The minimum Gasteiger partial charge on any atom is -0.508 e. The summed E-state index contributed by atoms with van der Waals surface area (Å²) in [5.41, 5.74) is 3.80. The molecule has 0 aliphatic rings. The summed E-state index contributed by atoms with van der Waals surface area (Å²) in [4.78, 5) is 23.4. The lowest BCUT2D eigenvalue weighted by Crippen LogP contribution is -2.05. The molecule has 3 aromatic rings. The number of methoxy groups -OCH3 is 2. The molecular weight excluding hydrogens is 382 g/mol. The molecule has 0 saturated carbocycles. The Morgan fingerprint density at radius 1 is 1.00 bits per heavy atom. The van der Waals surface area contributed by atoms with Gasteiger partial charge in [-0.15, -0.1) is 0 Å². The number of aromatic hydroxyl groups is 1. The van der Waals surface area contributed by atoms with Gasteiger partial charge in [0.2, 0.25) is 0 Å². The van der Waals surface area contributed by atoms with Gasteiger partial charge < -0.3 is 19.1 Å². The number of ether oxygens (including phenoxy) is 2. The first kappa shape index (κ1) is 21.2. The van der Waals surface area contributed by atoms with Crippen molar-refractivity contribution in [1.82, 2.24) is 4.57 Å². The second kappa shape index (κ2) is 9.78. The maximum absolute atomic E-state index is 12.0. The van der Waals surface area contributed by atoms with Gasteiger partial charge in [-0.25, -0.2) is 0 Å². The van der Waals surface area contributed by atoms with E-state index in [-0.39, 0.29) is 24.1 Å². The molecule has 156 valence electrons. The van der Waals surface area contributed by atoms with Crippen molar-refractivity contribution in [1.29, 1.82) is 0 Å². The fraction of sp³-hybridized carbons (Fsp3) is 0.250. The highest BCUT2D eigenvalue weighted by atomic mass is 16.5. The van der Waals surface area contributed by atoms with Gasteiger partial charge in [0.1, 0.15) is 5.75 Å². The number of carbonyl (C=O) groups excluding carboxylic acids is 2. The predicted octanol–water partition coefficient (Wildman–Crippen LogP) is 4.19. The first-order chi connectivity index (χ1) is 14.5. The number of aryl methyl sites for hydroxylation is 1. The Labute approximate surface area is 175 Å². The summed E-state index contributed by atoms with van der Waals surface area (Å²) in [6.45, 7) is 0.637. The van der Waals surface area contributed by atoms with Crippen molar-refractivity contribution in [2.75, 3.05) is 14.2 Å². The Morgan fingerprint density at radius 3 is 2.43 bits per heavy atom. The molecule has 0 atom stereocenters. The number of esters is 2. The Balaban J connectivity index is 1.97. The van der Waals surface area contributed by atoms with Crippen molar-refractivity contribution in [2.45, 2.75) is 25.8 Å². The summed E-state index contributed by atoms with van der Waals surface area (Å²) < 4.78 is 11.6. The number of hydrogen-bond donors (Lipinski definition) is 1. The van der Waals surface area contributed by atoms with E-state index in [2.05, 4.69) is 4.57 Å². The predicted molar refractivity (Wildman–Crippen MR) is 116 cm³/mol. The zero-order valence-electron chi connectivity index (χ0n) is 17.1. The Morgan fingerprint density at radius 2 is 1.73 bits per heavy atom. The molecule has 0 aliphatic heterocycles. The highest BCUT2D eigenvalue weighted by Gasteiger charge is 2.15. The number of phenolic OH excluding ortho intramolecular Hbond substituents is 1. The lowest BCUT2D eigenvalue weighted by Gasteiger charge is -2.06. The van der Waals surface area contributed by atoms with E-state index < -0.39 is 0 Å². The first-order valence-corrected chi connectivity index (χ1v) is 9.73. The average Bonchev–Trinajstić information content (AvgIpc) is 3.11. The molecule has 0 fully saturated rings. The standard InChI is InChI=1S/C24H25NO5/c1-29-22(27)7-4-14-25-16-19(15-23(28)30-2)24-18(5-3-6-21(24)25)11-8-17-9-12-20(26)13-10-17/h3,5-6,8-13,16,26H,4,7,14-15H2,1-2H3/b11-8+. The monoisotopic (exact) mass is 407 g/mol. The van der Waals surface area contributed by atoms with Crippen molar-refractivity contribution in [3.05, 3.63) is 65.4 Å². The molecule has 1 N–H and O–H groups in total. The van der Waals surface area contributed by atoms with Crippen LogP contribution >= 0.6 is 0 Å². The highest BCUT2D eigenvalue weighted by Crippen LogP contribution is 2.28. The normalized spacial score (nSPS) is 11.1. The summed E-state index contributed by atoms with van der Waals surface area (Å²) >= 11 is 0. The fourth-order valence-corrected chi connectivity index (χ4v) is 3.42. The van der Waals surface area contributed by atoms with Gasteiger partial charge in [0, 0.05) is 30.1 Å². The van der Waals surface area contributed by atoms with Gasteiger partial charge >= 0.3 is 11.9 Å². The third-order valence-electron chi connectivity index (χ3n) is 4.94. The van der Waals surface area contributed by atoms with Crippen LogP contribution in [-0.4, -0.2) is 35.8 Å². The molecule has 6 heteroatoms. The molecule has 1 aromatic heterocycles. The van der Waals surface area contributed by atoms with Gasteiger partial charge in [-0.05, 0) is 41.3 Å². The van der Waals surface area contributed by atoms with E-state index in [0.29, 0.717) is 19.4 Å². The van der Waals surface area contributed by atoms with Crippen LogP contribution in [0.15, 0.2) is 48.7 Å². The van der Waals surface area contributed by atoms with Gasteiger partial charge in [0.25, 0.3) is 0 Å². The number of benzene rings is 2. The smallest absolute Gasteiger partial charge is 0.310 e. The number of fused-ring (bicyclic) bond motifs is 1. The van der Waals surface area contributed by atoms with Gasteiger partial charge in [0.05, 0.1) is 20.6 Å². The van der Waals surface area contributed by atoms with Crippen LogP contribution < -0.4 is 0 Å². The van der Waals surface area contributed by atoms with Crippen LogP contribution in [0.2, 0.25) is 0 Å². The largest absolute Gasteiger partial charge is 0.508 e. The minimum absolute atomic E-state index is 0.168. The van der Waals surface area contributed by atoms with E-state index in [1.807, 2.05) is 48.7 Å². The summed E-state index contributed by atoms with van der Waals surface area (Å²) in [5, 5.41) is 10.4. The maximum Gasteiger partial charge on any atom is 0.310 e. The summed E-state index contributed by atoms with van der Waals surface area (Å²) in [6, 6.07) is 12.9. The SMILES string of the molecule is COC(=O)CCCn1cc(CC(=O)OC)c2c(/C=C/c3ccc(O)cc3)cccc21. The quantitative estimate of drug-likeness (QED) is 0.448. The van der Waals surface area contributed by atoms with E-state index in [9.17, 15) is 14.7 Å². The van der Waals surface area contributed by atoms with Gasteiger partial charge in [-0.3, -0.25) is 9.59 Å². The van der Waals surface area contributed by atoms with Gasteiger partial charge in [-0.2, -0.15) is 0 Å². The second-order valence-electron chi connectivity index (χ2n) is 6.95. The van der Waals surface area contributed by atoms with Gasteiger partial charge in [-0.1, -0.05) is 36.4 Å². The Hall–Kier alpha value is -3.54. The van der Waals surface area contributed by atoms with Crippen molar-refractivity contribution < 1.29 is 24.2 Å². The van der Waals surface area contributed by atoms with Crippen molar-refractivity contribution in [3.63, 3.8) is 0 Å². The molecule has 0 bridgehead atoms. The molecule has 0 amide bonds. The number of phenols is 1. The number of rotatable bonds is 8. The van der Waals surface area contributed by atoms with E-state index in [1.54, 1.807) is 12.1 Å². The molecule has 0 saturated heterocycles. The van der Waals surface area contributed by atoms with Crippen LogP contribution in [0.1, 0.15) is 29.5 Å². The molecule has 0 spiro atoms. The van der Waals surface area contributed by atoms with Crippen LogP contribution in [0.4, 0.5) is 0 Å². The minimum atomic E-state index is -0.305. The molecule has 6 nitrogen and oxygen atoms in total. The Kier molecular flexibility index (Phi) is 6.91. The highest BCUT2D eigenvalue weighted by molar-refractivity contribution is 5.96. The average molecular weight is 407 g/mol. The van der Waals surface area contributed by atoms with E-state index in [0.717, 1.165) is 27.6 Å². The fourth-order valence-electron chi connectivity index (χ4n) is 3.42. The first-order valence-electron chi connectivity index (χ1n) is 9.73. The van der Waals surface area contributed by atoms with Crippen LogP contribution in [0, 0.1) is 0 Å². The summed E-state index contributed by atoms with van der Waals surface area (Å²) in [5.74, 6) is -0.321. The van der Waals surface area contributed by atoms with E-state index in [1.165, 1.54) is 14.2 Å². The van der Waals surface area contributed by atoms with Gasteiger partial charge in [0.15, 0.2) is 0 Å². The summed E-state index contributed by atoms with van der Waals surface area (Å²) in [7, 11) is 2.76. The molecule has 30 heavy (non-hydrogen) atoms. The molecule has 2 aromatic carbocycles. The second-order valence-corrected chi connectivity index (χ2v) is 6.95. The van der Waals surface area contributed by atoms with Crippen LogP contribution in [-0.2, 0) is 32.0 Å². The lowest BCUT2D eigenvalue weighted by molar-refractivity contribution is -0.141. The molecule has 1 heterocycles. The van der Waals surface area contributed by atoms with Crippen LogP contribution in [0.5, 0.6) is 5.75 Å². The maximum atomic E-state index is 12.0. The van der Waals surface area contributed by atoms with Crippen molar-refractivity contribution >= 4 is 35.0 Å². The number of carbonyl (C=O) groups is 2. The number of hydrogen-bond acceptors (Lipinski definition) is 5. The third-order valence-corrected chi connectivity index (χ3v) is 4.94. The molecule has 0 radical (unpaired) electrons. The lowest BCUT2D eigenvalue weighted by atomic mass is 10.0. The van der Waals surface area contributed by atoms with Crippen LogP contribution in [0.3, 0.4) is 0 Å². The van der Waals surface area contributed by atoms with Crippen molar-refractivity contribution in [3.8, 4) is 5.75 Å². The Bertz CT molecular complexity index is 1060. The topological polar surface area (TPSA) is 77.8 Å². The molecular formula is C24H25NO5. The zero-order valence-corrected chi connectivity index (χ0v) is 17.1.